The molecule has 3 unspecified atom stereocenters. The Balaban J connectivity index is 1.87. The van der Waals surface area contributed by atoms with Crippen molar-refractivity contribution >= 4 is 0 Å². The van der Waals surface area contributed by atoms with Crippen molar-refractivity contribution in [3.8, 4) is 0 Å². The van der Waals surface area contributed by atoms with Gasteiger partial charge >= 0.3 is 0 Å². The highest BCUT2D eigenvalue weighted by Crippen LogP contribution is 2.30. The predicted molar refractivity (Wildman–Crippen MR) is 83.7 cm³/mol. The summed E-state index contributed by atoms with van der Waals surface area (Å²) in [5.74, 6) is 1.56. The number of nitrogens with one attached hydrogen (secondary N) is 1. The zero-order valence-corrected chi connectivity index (χ0v) is 12.8. The Hall–Kier alpha value is -0.820. The third kappa shape index (κ3) is 4.07. The first-order valence-electron chi connectivity index (χ1n) is 8.01. The van der Waals surface area contributed by atoms with Gasteiger partial charge < -0.3 is 5.32 Å². The molecule has 2 rings (SSSR count). The molecule has 0 bridgehead atoms. The number of hydrogen-bond acceptors (Lipinski definition) is 1. The van der Waals surface area contributed by atoms with Crippen LogP contribution in [0.2, 0.25) is 0 Å². The summed E-state index contributed by atoms with van der Waals surface area (Å²) in [5.41, 5.74) is 3.17. The second kappa shape index (κ2) is 7.09. The maximum absolute atomic E-state index is 3.76. The molecule has 0 spiro atoms. The minimum atomic E-state index is 0.643. The zero-order chi connectivity index (χ0) is 13.7. The molecule has 1 nitrogen and oxygen atoms in total. The third-order valence-electron chi connectivity index (χ3n) is 4.66. The van der Waals surface area contributed by atoms with E-state index in [4.69, 9.17) is 0 Å². The Morgan fingerprint density at radius 1 is 1.26 bits per heavy atom. The number of fused-ring (bicyclic) bond motifs is 1. The average molecular weight is 259 g/mol. The molecule has 0 saturated heterocycles. The van der Waals surface area contributed by atoms with Gasteiger partial charge in [0.15, 0.2) is 0 Å². The fourth-order valence-electron chi connectivity index (χ4n) is 3.26. The number of benzene rings is 1. The van der Waals surface area contributed by atoms with Gasteiger partial charge in [-0.2, -0.15) is 0 Å². The van der Waals surface area contributed by atoms with Crippen LogP contribution in [-0.4, -0.2) is 12.6 Å². The Bertz CT molecular complexity index is 385. The third-order valence-corrected chi connectivity index (χ3v) is 4.66. The van der Waals surface area contributed by atoms with Crippen LogP contribution in [0.25, 0.3) is 0 Å². The van der Waals surface area contributed by atoms with Crippen molar-refractivity contribution in [2.75, 3.05) is 6.54 Å². The van der Waals surface area contributed by atoms with E-state index in [0.29, 0.717) is 6.04 Å². The summed E-state index contributed by atoms with van der Waals surface area (Å²) in [4.78, 5) is 0. The smallest absolute Gasteiger partial charge is 0.00415 e. The maximum Gasteiger partial charge on any atom is 0.00415 e. The van der Waals surface area contributed by atoms with Crippen LogP contribution in [0.1, 0.15) is 63.5 Å². The van der Waals surface area contributed by atoms with E-state index in [-0.39, 0.29) is 0 Å². The van der Waals surface area contributed by atoms with Crippen molar-refractivity contribution in [2.45, 2.75) is 64.8 Å². The first kappa shape index (κ1) is 14.6. The fourth-order valence-corrected chi connectivity index (χ4v) is 3.26. The lowest BCUT2D eigenvalue weighted by Gasteiger charge is -2.27. The predicted octanol–water partition coefficient (Wildman–Crippen LogP) is 4.52. The summed E-state index contributed by atoms with van der Waals surface area (Å²) in [6.45, 7) is 8.12. The van der Waals surface area contributed by atoms with Gasteiger partial charge in [-0.15, -0.1) is 0 Å². The first-order valence-corrected chi connectivity index (χ1v) is 8.01. The second-order valence-corrected chi connectivity index (χ2v) is 6.35. The molecule has 0 fully saturated rings. The van der Waals surface area contributed by atoms with Gasteiger partial charge in [0.2, 0.25) is 0 Å². The molecule has 0 heterocycles. The summed E-state index contributed by atoms with van der Waals surface area (Å²) in [6, 6.07) is 9.66. The van der Waals surface area contributed by atoms with Crippen LogP contribution in [0.15, 0.2) is 24.3 Å². The fraction of sp³-hybridized carbons (Fsp3) is 0.667. The molecular formula is C18H29N. The first-order chi connectivity index (χ1) is 9.20. The van der Waals surface area contributed by atoms with Crippen molar-refractivity contribution in [1.82, 2.24) is 5.32 Å². The van der Waals surface area contributed by atoms with Crippen molar-refractivity contribution in [3.05, 3.63) is 35.4 Å². The van der Waals surface area contributed by atoms with Gasteiger partial charge in [0.05, 0.1) is 0 Å². The van der Waals surface area contributed by atoms with Crippen LogP contribution in [-0.2, 0) is 6.42 Å². The molecule has 1 aliphatic carbocycles. The van der Waals surface area contributed by atoms with Gasteiger partial charge in [-0.3, -0.25) is 0 Å². The SMILES string of the molecule is CCC(C)CC(C)NCC1CCCc2ccccc21. The van der Waals surface area contributed by atoms with Crippen LogP contribution in [0.4, 0.5) is 0 Å². The highest BCUT2D eigenvalue weighted by Gasteiger charge is 2.20. The van der Waals surface area contributed by atoms with Gasteiger partial charge in [-0.25, -0.2) is 0 Å². The normalized spacial score (nSPS) is 21.7. The molecule has 106 valence electrons. The summed E-state index contributed by atoms with van der Waals surface area (Å²) in [5, 5.41) is 3.76. The van der Waals surface area contributed by atoms with Crippen LogP contribution in [0.5, 0.6) is 0 Å². The Labute approximate surface area is 118 Å². The molecule has 0 radical (unpaired) electrons. The molecule has 0 aliphatic heterocycles. The highest BCUT2D eigenvalue weighted by atomic mass is 14.9. The van der Waals surface area contributed by atoms with E-state index in [9.17, 15) is 0 Å². The molecule has 1 aromatic rings. The summed E-state index contributed by atoms with van der Waals surface area (Å²) in [7, 11) is 0. The van der Waals surface area contributed by atoms with E-state index in [2.05, 4.69) is 50.4 Å². The molecule has 1 aromatic carbocycles. The van der Waals surface area contributed by atoms with Gasteiger partial charge in [0.25, 0.3) is 0 Å². The van der Waals surface area contributed by atoms with E-state index in [1.54, 1.807) is 11.1 Å². The van der Waals surface area contributed by atoms with Gasteiger partial charge in [-0.05, 0) is 55.6 Å². The lowest BCUT2D eigenvalue weighted by molar-refractivity contribution is 0.392. The van der Waals surface area contributed by atoms with Gasteiger partial charge in [0.1, 0.15) is 0 Å². The van der Waals surface area contributed by atoms with E-state index in [0.717, 1.165) is 18.4 Å². The van der Waals surface area contributed by atoms with Crippen LogP contribution in [0.3, 0.4) is 0 Å². The Kier molecular flexibility index (Phi) is 5.45. The summed E-state index contributed by atoms with van der Waals surface area (Å²) < 4.78 is 0. The molecule has 0 amide bonds. The van der Waals surface area contributed by atoms with Crippen molar-refractivity contribution < 1.29 is 0 Å². The second-order valence-electron chi connectivity index (χ2n) is 6.35. The van der Waals surface area contributed by atoms with Crippen molar-refractivity contribution in [1.29, 1.82) is 0 Å². The lowest BCUT2D eigenvalue weighted by Crippen LogP contribution is -2.32. The van der Waals surface area contributed by atoms with E-state index >= 15 is 0 Å². The average Bonchev–Trinajstić information content (AvgIpc) is 2.44. The number of aryl methyl sites for hydroxylation is 1. The monoisotopic (exact) mass is 259 g/mol. The molecular weight excluding hydrogens is 230 g/mol. The van der Waals surface area contributed by atoms with Crippen molar-refractivity contribution in [2.24, 2.45) is 5.92 Å². The van der Waals surface area contributed by atoms with E-state index in [1.807, 2.05) is 0 Å². The molecule has 1 aliphatic rings. The maximum atomic E-state index is 3.76. The minimum Gasteiger partial charge on any atom is -0.314 e. The molecule has 3 atom stereocenters. The largest absolute Gasteiger partial charge is 0.314 e. The standard InChI is InChI=1S/C18H29N/c1-4-14(2)12-15(3)19-13-17-10-7-9-16-8-5-6-11-18(16)17/h5-6,8,11,14-15,17,19H,4,7,9-10,12-13H2,1-3H3. The Morgan fingerprint density at radius 3 is 2.84 bits per heavy atom. The quantitative estimate of drug-likeness (QED) is 0.792. The highest BCUT2D eigenvalue weighted by molar-refractivity contribution is 5.32. The van der Waals surface area contributed by atoms with Crippen LogP contribution < -0.4 is 5.32 Å². The van der Waals surface area contributed by atoms with Gasteiger partial charge in [0, 0.05) is 12.6 Å². The summed E-state index contributed by atoms with van der Waals surface area (Å²) in [6.07, 6.45) is 6.56. The topological polar surface area (TPSA) is 12.0 Å². The number of rotatable bonds is 6. The summed E-state index contributed by atoms with van der Waals surface area (Å²) >= 11 is 0. The molecule has 0 saturated carbocycles. The lowest BCUT2D eigenvalue weighted by atomic mass is 9.82. The molecule has 19 heavy (non-hydrogen) atoms. The van der Waals surface area contributed by atoms with Crippen LogP contribution in [0, 0.1) is 5.92 Å². The minimum absolute atomic E-state index is 0.643. The van der Waals surface area contributed by atoms with Crippen molar-refractivity contribution in [3.63, 3.8) is 0 Å². The molecule has 1 heteroatoms. The Morgan fingerprint density at radius 2 is 2.05 bits per heavy atom. The molecule has 1 N–H and O–H groups in total. The van der Waals surface area contributed by atoms with Gasteiger partial charge in [-0.1, -0.05) is 44.5 Å². The van der Waals surface area contributed by atoms with E-state index in [1.165, 1.54) is 32.1 Å². The zero-order valence-electron chi connectivity index (χ0n) is 12.8. The number of hydrogen-bond donors (Lipinski definition) is 1. The van der Waals surface area contributed by atoms with E-state index < -0.39 is 0 Å². The van der Waals surface area contributed by atoms with Crippen LogP contribution >= 0.6 is 0 Å². The molecule has 0 aromatic heterocycles.